The second-order valence-electron chi connectivity index (χ2n) is 8.67. The molecule has 0 spiro atoms. The fourth-order valence-corrected chi connectivity index (χ4v) is 4.76. The molecule has 0 bridgehead atoms. The maximum Gasteiger partial charge on any atom is 0.225 e. The van der Waals surface area contributed by atoms with E-state index in [1.54, 1.807) is 7.11 Å². The van der Waals surface area contributed by atoms with Crippen molar-refractivity contribution in [2.75, 3.05) is 45.2 Å². The van der Waals surface area contributed by atoms with Crippen LogP contribution >= 0.6 is 0 Å². The number of para-hydroxylation sites is 1. The standard InChI is InChI=1S/C26H35N5O2/c1-3-27-26(28-17-20-16-25(32)30-23-12-5-4-11-22(20)23)29-18-24(31-13-6-7-14-31)19-9-8-10-21(15-19)33-2/h4-5,8-12,15,20,24H,3,6-7,13-14,16-18H2,1-2H3,(H,30,32)(H2,27,28,29). The van der Waals surface area contributed by atoms with Gasteiger partial charge in [0.15, 0.2) is 5.96 Å². The van der Waals surface area contributed by atoms with Gasteiger partial charge >= 0.3 is 0 Å². The van der Waals surface area contributed by atoms with Crippen LogP contribution in [0.15, 0.2) is 53.5 Å². The molecule has 4 rings (SSSR count). The zero-order valence-electron chi connectivity index (χ0n) is 19.6. The molecule has 1 fully saturated rings. The summed E-state index contributed by atoms with van der Waals surface area (Å²) in [7, 11) is 1.71. The van der Waals surface area contributed by atoms with Gasteiger partial charge in [0.2, 0.25) is 5.91 Å². The molecule has 3 N–H and O–H groups in total. The third kappa shape index (κ3) is 5.85. The Balaban J connectivity index is 1.48. The number of ether oxygens (including phenoxy) is 1. The Morgan fingerprint density at radius 3 is 2.79 bits per heavy atom. The maximum absolute atomic E-state index is 12.2. The van der Waals surface area contributed by atoms with Crippen LogP contribution in [-0.4, -0.2) is 56.6 Å². The van der Waals surface area contributed by atoms with Crippen molar-refractivity contribution < 1.29 is 9.53 Å². The first-order valence-electron chi connectivity index (χ1n) is 12.0. The quantitative estimate of drug-likeness (QED) is 0.425. The Morgan fingerprint density at radius 1 is 1.18 bits per heavy atom. The van der Waals surface area contributed by atoms with Crippen molar-refractivity contribution in [2.24, 2.45) is 4.99 Å². The maximum atomic E-state index is 12.2. The van der Waals surface area contributed by atoms with Gasteiger partial charge in [0, 0.05) is 31.1 Å². The fraction of sp³-hybridized carbons (Fsp3) is 0.462. The topological polar surface area (TPSA) is 78.0 Å². The molecule has 2 unspecified atom stereocenters. The SMILES string of the molecule is CCNC(=NCC(c1cccc(OC)c1)N1CCCC1)NCC1CC(=O)Nc2ccccc21. The summed E-state index contributed by atoms with van der Waals surface area (Å²) in [5.41, 5.74) is 3.31. The van der Waals surface area contributed by atoms with Gasteiger partial charge in [-0.05, 0) is 62.2 Å². The molecular formula is C26H35N5O2. The number of nitrogens with one attached hydrogen (secondary N) is 3. The summed E-state index contributed by atoms with van der Waals surface area (Å²) in [6.45, 7) is 6.35. The number of methoxy groups -OCH3 is 1. The van der Waals surface area contributed by atoms with Crippen molar-refractivity contribution >= 4 is 17.6 Å². The third-order valence-electron chi connectivity index (χ3n) is 6.45. The Morgan fingerprint density at radius 2 is 2.00 bits per heavy atom. The molecule has 33 heavy (non-hydrogen) atoms. The molecule has 1 saturated heterocycles. The number of hydrogen-bond acceptors (Lipinski definition) is 4. The first-order chi connectivity index (χ1) is 16.2. The van der Waals surface area contributed by atoms with Crippen LogP contribution < -0.4 is 20.7 Å². The van der Waals surface area contributed by atoms with Crippen LogP contribution in [0, 0.1) is 0 Å². The van der Waals surface area contributed by atoms with Crippen molar-refractivity contribution in [3.8, 4) is 5.75 Å². The van der Waals surface area contributed by atoms with Crippen LogP contribution in [0.25, 0.3) is 0 Å². The summed E-state index contributed by atoms with van der Waals surface area (Å²) in [5, 5.41) is 9.83. The van der Waals surface area contributed by atoms with Crippen LogP contribution in [0.3, 0.4) is 0 Å². The number of carbonyl (C=O) groups is 1. The number of benzene rings is 2. The number of carbonyl (C=O) groups excluding carboxylic acids is 1. The monoisotopic (exact) mass is 449 g/mol. The highest BCUT2D eigenvalue weighted by Crippen LogP contribution is 2.31. The van der Waals surface area contributed by atoms with E-state index >= 15 is 0 Å². The van der Waals surface area contributed by atoms with Crippen LogP contribution in [0.4, 0.5) is 5.69 Å². The molecule has 7 heteroatoms. The minimum absolute atomic E-state index is 0.0644. The lowest BCUT2D eigenvalue weighted by molar-refractivity contribution is -0.116. The summed E-state index contributed by atoms with van der Waals surface area (Å²) >= 11 is 0. The molecular weight excluding hydrogens is 414 g/mol. The molecule has 2 aromatic rings. The number of likely N-dealkylation sites (tertiary alicyclic amines) is 1. The molecule has 0 saturated carbocycles. The predicted octanol–water partition coefficient (Wildman–Crippen LogP) is 3.51. The molecule has 1 amide bonds. The van der Waals surface area contributed by atoms with Crippen LogP contribution in [0.1, 0.15) is 49.3 Å². The van der Waals surface area contributed by atoms with Crippen LogP contribution in [0.2, 0.25) is 0 Å². The summed E-state index contributed by atoms with van der Waals surface area (Å²) < 4.78 is 5.46. The molecule has 2 heterocycles. The van der Waals surface area contributed by atoms with Gasteiger partial charge in [0.25, 0.3) is 0 Å². The lowest BCUT2D eigenvalue weighted by Gasteiger charge is -2.28. The minimum atomic E-state index is 0.0644. The van der Waals surface area contributed by atoms with Gasteiger partial charge in [-0.2, -0.15) is 0 Å². The Labute approximate surface area is 196 Å². The van der Waals surface area contributed by atoms with Crippen molar-refractivity contribution in [1.29, 1.82) is 0 Å². The Kier molecular flexibility index (Phi) is 7.83. The highest BCUT2D eigenvalue weighted by atomic mass is 16.5. The van der Waals surface area contributed by atoms with Crippen molar-refractivity contribution in [3.63, 3.8) is 0 Å². The fourth-order valence-electron chi connectivity index (χ4n) is 4.76. The van der Waals surface area contributed by atoms with E-state index in [-0.39, 0.29) is 17.9 Å². The predicted molar refractivity (Wildman–Crippen MR) is 133 cm³/mol. The van der Waals surface area contributed by atoms with E-state index < -0.39 is 0 Å². The van der Waals surface area contributed by atoms with E-state index in [1.807, 2.05) is 24.3 Å². The minimum Gasteiger partial charge on any atom is -0.497 e. The highest BCUT2D eigenvalue weighted by molar-refractivity contribution is 5.94. The normalized spacial score (nSPS) is 19.5. The number of nitrogens with zero attached hydrogens (tertiary/aromatic N) is 2. The first-order valence-corrected chi connectivity index (χ1v) is 12.0. The van der Waals surface area contributed by atoms with E-state index in [4.69, 9.17) is 9.73 Å². The zero-order chi connectivity index (χ0) is 23.0. The van der Waals surface area contributed by atoms with Crippen molar-refractivity contribution in [1.82, 2.24) is 15.5 Å². The Hall–Kier alpha value is -3.06. The number of amides is 1. The van der Waals surface area contributed by atoms with Crippen LogP contribution in [0.5, 0.6) is 5.75 Å². The second kappa shape index (κ2) is 11.2. The van der Waals surface area contributed by atoms with Gasteiger partial charge in [-0.15, -0.1) is 0 Å². The second-order valence-corrected chi connectivity index (χ2v) is 8.67. The molecule has 176 valence electrons. The first kappa shape index (κ1) is 23.1. The lowest BCUT2D eigenvalue weighted by atomic mass is 9.90. The average Bonchev–Trinajstić information content (AvgIpc) is 3.37. The molecule has 0 aromatic heterocycles. The number of anilines is 1. The lowest BCUT2D eigenvalue weighted by Crippen LogP contribution is -2.41. The molecule has 2 aliphatic rings. The number of rotatable bonds is 8. The van der Waals surface area contributed by atoms with Gasteiger partial charge in [-0.25, -0.2) is 0 Å². The van der Waals surface area contributed by atoms with Gasteiger partial charge in [-0.1, -0.05) is 30.3 Å². The van der Waals surface area contributed by atoms with Crippen molar-refractivity contribution in [3.05, 3.63) is 59.7 Å². The molecule has 2 atom stereocenters. The van der Waals surface area contributed by atoms with Gasteiger partial charge in [0.05, 0.1) is 19.7 Å². The largest absolute Gasteiger partial charge is 0.497 e. The molecule has 7 nitrogen and oxygen atoms in total. The smallest absolute Gasteiger partial charge is 0.225 e. The summed E-state index contributed by atoms with van der Waals surface area (Å²) in [6, 6.07) is 16.6. The highest BCUT2D eigenvalue weighted by Gasteiger charge is 2.26. The van der Waals surface area contributed by atoms with E-state index in [0.29, 0.717) is 19.5 Å². The summed E-state index contributed by atoms with van der Waals surface area (Å²) in [6.07, 6.45) is 2.93. The van der Waals surface area contributed by atoms with E-state index in [0.717, 1.165) is 37.0 Å². The molecule has 2 aliphatic heterocycles. The van der Waals surface area contributed by atoms with Gasteiger partial charge < -0.3 is 20.7 Å². The molecule has 0 radical (unpaired) electrons. The van der Waals surface area contributed by atoms with Gasteiger partial charge in [0.1, 0.15) is 5.75 Å². The van der Waals surface area contributed by atoms with Gasteiger partial charge in [-0.3, -0.25) is 14.7 Å². The number of aliphatic imine (C=N–C) groups is 1. The van der Waals surface area contributed by atoms with Crippen LogP contribution in [-0.2, 0) is 4.79 Å². The third-order valence-corrected chi connectivity index (χ3v) is 6.45. The zero-order valence-corrected chi connectivity index (χ0v) is 19.6. The number of fused-ring (bicyclic) bond motifs is 1. The molecule has 0 aliphatic carbocycles. The van der Waals surface area contributed by atoms with E-state index in [1.165, 1.54) is 24.0 Å². The van der Waals surface area contributed by atoms with E-state index in [9.17, 15) is 4.79 Å². The summed E-state index contributed by atoms with van der Waals surface area (Å²) in [5.74, 6) is 1.84. The van der Waals surface area contributed by atoms with Crippen molar-refractivity contribution in [2.45, 2.75) is 38.1 Å². The average molecular weight is 450 g/mol. The summed E-state index contributed by atoms with van der Waals surface area (Å²) in [4.78, 5) is 19.7. The van der Waals surface area contributed by atoms with E-state index in [2.05, 4.69) is 52.0 Å². The molecule has 2 aromatic carbocycles. The Bertz CT molecular complexity index is 971. The number of guanidine groups is 1. The number of hydrogen-bond donors (Lipinski definition) is 3.